The fourth-order valence-electron chi connectivity index (χ4n) is 2.80. The molecule has 1 heterocycles. The second-order valence-electron chi connectivity index (χ2n) is 5.58. The maximum absolute atomic E-state index is 12.6. The van der Waals surface area contributed by atoms with Gasteiger partial charge < -0.3 is 4.90 Å². The number of aromatic amines is 1. The van der Waals surface area contributed by atoms with Crippen molar-refractivity contribution in [3.63, 3.8) is 0 Å². The monoisotopic (exact) mass is 247 g/mol. The van der Waals surface area contributed by atoms with Gasteiger partial charge >= 0.3 is 0 Å². The first-order chi connectivity index (χ1) is 8.79. The summed E-state index contributed by atoms with van der Waals surface area (Å²) < 4.78 is 0. The Hall–Kier alpha value is -1.32. The fraction of sp³-hybridized carbons (Fsp3) is 0.714. The quantitative estimate of drug-likeness (QED) is 0.866. The average Bonchev–Trinajstić information content (AvgIpc) is 2.90. The number of aromatic nitrogens is 2. The summed E-state index contributed by atoms with van der Waals surface area (Å²) in [6, 6.07) is 0. The summed E-state index contributed by atoms with van der Waals surface area (Å²) in [5, 5.41) is 7.29. The van der Waals surface area contributed by atoms with Crippen molar-refractivity contribution in [3.8, 4) is 0 Å². The van der Waals surface area contributed by atoms with E-state index in [2.05, 4.69) is 17.1 Å². The molecule has 0 spiro atoms. The predicted molar refractivity (Wildman–Crippen MR) is 69.5 cm³/mol. The normalized spacial score (nSPS) is 17.8. The van der Waals surface area contributed by atoms with Crippen molar-refractivity contribution in [2.45, 2.75) is 45.4 Å². The van der Waals surface area contributed by atoms with Crippen molar-refractivity contribution in [3.05, 3.63) is 17.0 Å². The van der Waals surface area contributed by atoms with Gasteiger partial charge in [-0.2, -0.15) is 5.10 Å². The van der Waals surface area contributed by atoms with E-state index in [4.69, 9.17) is 0 Å². The Morgan fingerprint density at radius 2 is 2.28 bits per heavy atom. The Bertz CT molecular complexity index is 448. The molecule has 2 aliphatic rings. The molecule has 0 unspecified atom stereocenters. The first-order valence-corrected chi connectivity index (χ1v) is 7.15. The molecule has 0 aromatic carbocycles. The maximum atomic E-state index is 12.6. The number of carbonyl (C=O) groups excluding carboxylic acids is 1. The Balaban J connectivity index is 1.77. The Morgan fingerprint density at radius 1 is 1.44 bits per heavy atom. The summed E-state index contributed by atoms with van der Waals surface area (Å²) in [6.07, 6.45) is 6.80. The van der Waals surface area contributed by atoms with Crippen molar-refractivity contribution in [1.82, 2.24) is 15.1 Å². The third-order valence-electron chi connectivity index (χ3n) is 3.97. The molecule has 1 aromatic rings. The van der Waals surface area contributed by atoms with Crippen molar-refractivity contribution < 1.29 is 4.79 Å². The third-order valence-corrected chi connectivity index (χ3v) is 3.97. The fourth-order valence-corrected chi connectivity index (χ4v) is 2.80. The van der Waals surface area contributed by atoms with E-state index in [1.807, 2.05) is 4.90 Å². The minimum absolute atomic E-state index is 0.142. The number of carbonyl (C=O) groups is 1. The van der Waals surface area contributed by atoms with Crippen LogP contribution >= 0.6 is 0 Å². The summed E-state index contributed by atoms with van der Waals surface area (Å²) >= 11 is 0. The van der Waals surface area contributed by atoms with Gasteiger partial charge in [-0.3, -0.25) is 9.89 Å². The summed E-state index contributed by atoms with van der Waals surface area (Å²) in [4.78, 5) is 14.6. The Kier molecular flexibility index (Phi) is 3.10. The largest absolute Gasteiger partial charge is 0.337 e. The van der Waals surface area contributed by atoms with Gasteiger partial charge in [0.25, 0.3) is 5.91 Å². The predicted octanol–water partition coefficient (Wildman–Crippen LogP) is 2.16. The van der Waals surface area contributed by atoms with Crippen molar-refractivity contribution >= 4 is 5.91 Å². The van der Waals surface area contributed by atoms with Crippen LogP contribution in [0, 0.1) is 5.92 Å². The molecule has 1 N–H and O–H groups in total. The Morgan fingerprint density at radius 3 is 3.00 bits per heavy atom. The number of nitrogens with zero attached hydrogens (tertiary/aromatic N) is 2. The molecular formula is C14H21N3O. The number of aryl methyl sites for hydroxylation is 1. The number of amides is 1. The zero-order valence-corrected chi connectivity index (χ0v) is 11.0. The highest BCUT2D eigenvalue weighted by molar-refractivity contribution is 5.94. The Labute approximate surface area is 108 Å². The molecule has 0 bridgehead atoms. The van der Waals surface area contributed by atoms with Gasteiger partial charge in [0.05, 0.1) is 0 Å². The molecule has 1 saturated carbocycles. The maximum Gasteiger partial charge on any atom is 0.274 e. The van der Waals surface area contributed by atoms with Gasteiger partial charge in [-0.1, -0.05) is 6.92 Å². The highest BCUT2D eigenvalue weighted by atomic mass is 16.2. The van der Waals surface area contributed by atoms with Crippen molar-refractivity contribution in [2.24, 2.45) is 5.92 Å². The number of nitrogens with one attached hydrogen (secondary N) is 1. The van der Waals surface area contributed by atoms with E-state index in [1.54, 1.807) is 0 Å². The van der Waals surface area contributed by atoms with Crippen LogP contribution < -0.4 is 0 Å². The van der Waals surface area contributed by atoms with Crippen LogP contribution in [0.5, 0.6) is 0 Å². The van der Waals surface area contributed by atoms with Crippen LogP contribution in [0.25, 0.3) is 0 Å². The SMILES string of the molecule is CCCN(CC1CC1)C(=O)c1n[nH]c2c1CCC2. The van der Waals surface area contributed by atoms with Gasteiger partial charge in [0.15, 0.2) is 5.69 Å². The topological polar surface area (TPSA) is 49.0 Å². The van der Waals surface area contributed by atoms with E-state index < -0.39 is 0 Å². The lowest BCUT2D eigenvalue weighted by atomic mass is 10.1. The van der Waals surface area contributed by atoms with Gasteiger partial charge in [0, 0.05) is 24.3 Å². The minimum atomic E-state index is 0.142. The standard InChI is InChI=1S/C14H21N3O/c1-2-8-17(9-10-6-7-10)14(18)13-11-4-3-5-12(11)15-16-13/h10H,2-9H2,1H3,(H,15,16). The molecule has 0 saturated heterocycles. The summed E-state index contributed by atoms with van der Waals surface area (Å²) in [5.74, 6) is 0.885. The van der Waals surface area contributed by atoms with E-state index in [9.17, 15) is 4.79 Å². The molecule has 98 valence electrons. The number of H-pyrrole nitrogens is 1. The van der Waals surface area contributed by atoms with E-state index in [-0.39, 0.29) is 5.91 Å². The molecule has 3 rings (SSSR count). The van der Waals surface area contributed by atoms with Crippen LogP contribution in [0.1, 0.15) is 54.4 Å². The highest BCUT2D eigenvalue weighted by Gasteiger charge is 2.30. The van der Waals surface area contributed by atoms with Gasteiger partial charge in [0.2, 0.25) is 0 Å². The average molecular weight is 247 g/mol. The number of fused-ring (bicyclic) bond motifs is 1. The van der Waals surface area contributed by atoms with Crippen LogP contribution in [0.2, 0.25) is 0 Å². The van der Waals surface area contributed by atoms with Crippen LogP contribution in [0.15, 0.2) is 0 Å². The van der Waals surface area contributed by atoms with Gasteiger partial charge in [-0.05, 0) is 44.4 Å². The number of hydrogen-bond donors (Lipinski definition) is 1. The summed E-state index contributed by atoms with van der Waals surface area (Å²) in [7, 11) is 0. The van der Waals surface area contributed by atoms with Crippen molar-refractivity contribution in [1.29, 1.82) is 0 Å². The van der Waals surface area contributed by atoms with Gasteiger partial charge in [-0.15, -0.1) is 0 Å². The minimum Gasteiger partial charge on any atom is -0.337 e. The smallest absolute Gasteiger partial charge is 0.274 e. The molecular weight excluding hydrogens is 226 g/mol. The lowest BCUT2D eigenvalue weighted by Crippen LogP contribution is -2.34. The van der Waals surface area contributed by atoms with Crippen LogP contribution in [0.4, 0.5) is 0 Å². The van der Waals surface area contributed by atoms with Gasteiger partial charge in [-0.25, -0.2) is 0 Å². The number of rotatable bonds is 5. The van der Waals surface area contributed by atoms with Crippen LogP contribution in [-0.2, 0) is 12.8 Å². The molecule has 1 aromatic heterocycles. The molecule has 1 amide bonds. The molecule has 4 nitrogen and oxygen atoms in total. The van der Waals surface area contributed by atoms with E-state index in [1.165, 1.54) is 24.1 Å². The lowest BCUT2D eigenvalue weighted by Gasteiger charge is -2.21. The summed E-state index contributed by atoms with van der Waals surface area (Å²) in [5.41, 5.74) is 3.05. The first kappa shape index (κ1) is 11.8. The lowest BCUT2D eigenvalue weighted by molar-refractivity contribution is 0.0740. The molecule has 18 heavy (non-hydrogen) atoms. The van der Waals surface area contributed by atoms with E-state index >= 15 is 0 Å². The van der Waals surface area contributed by atoms with Crippen LogP contribution in [-0.4, -0.2) is 34.1 Å². The molecule has 0 aliphatic heterocycles. The second-order valence-corrected chi connectivity index (χ2v) is 5.58. The molecule has 1 fully saturated rings. The molecule has 0 atom stereocenters. The van der Waals surface area contributed by atoms with Crippen molar-refractivity contribution in [2.75, 3.05) is 13.1 Å². The first-order valence-electron chi connectivity index (χ1n) is 7.15. The zero-order valence-electron chi connectivity index (χ0n) is 11.0. The molecule has 0 radical (unpaired) electrons. The van der Waals surface area contributed by atoms with Gasteiger partial charge in [0.1, 0.15) is 0 Å². The van der Waals surface area contributed by atoms with Crippen LogP contribution in [0.3, 0.4) is 0 Å². The van der Waals surface area contributed by atoms with E-state index in [0.29, 0.717) is 5.69 Å². The summed E-state index contributed by atoms with van der Waals surface area (Å²) in [6.45, 7) is 3.91. The zero-order chi connectivity index (χ0) is 12.5. The molecule has 4 heteroatoms. The molecule has 2 aliphatic carbocycles. The van der Waals surface area contributed by atoms with E-state index in [0.717, 1.165) is 44.7 Å². The second kappa shape index (κ2) is 4.75. The highest BCUT2D eigenvalue weighted by Crippen LogP contribution is 2.31. The third kappa shape index (κ3) is 2.16. The number of hydrogen-bond acceptors (Lipinski definition) is 2.